The van der Waals surface area contributed by atoms with Crippen LogP contribution in [0.5, 0.6) is 0 Å². The summed E-state index contributed by atoms with van der Waals surface area (Å²) < 4.78 is 22.3. The van der Waals surface area contributed by atoms with E-state index in [1.54, 1.807) is 0 Å². The first-order chi connectivity index (χ1) is 3.18. The third-order valence-corrected chi connectivity index (χ3v) is 1.48. The molecule has 0 atom stereocenters. The van der Waals surface area contributed by atoms with Crippen LogP contribution >= 0.6 is 27.5 Å². The van der Waals surface area contributed by atoms with Gasteiger partial charge in [-0.3, -0.25) is 0 Å². The van der Waals surface area contributed by atoms with Crippen LogP contribution in [0.25, 0.3) is 0 Å². The zero-order valence-electron chi connectivity index (χ0n) is 3.22. The Labute approximate surface area is 53.3 Å². The van der Waals surface area contributed by atoms with Gasteiger partial charge in [0.2, 0.25) is 0 Å². The first-order valence-corrected chi connectivity index (χ1v) is 2.94. The average molecular weight is 191 g/mol. The van der Waals surface area contributed by atoms with Gasteiger partial charge >= 0.3 is 0 Å². The van der Waals surface area contributed by atoms with Crippen LogP contribution in [0, 0.1) is 0 Å². The predicted octanol–water partition coefficient (Wildman–Crippen LogP) is 2.73. The fourth-order valence-electron chi connectivity index (χ4n) is 0.0505. The zero-order valence-corrected chi connectivity index (χ0v) is 5.56. The van der Waals surface area contributed by atoms with E-state index in [0.717, 1.165) is 0 Å². The van der Waals surface area contributed by atoms with Crippen LogP contribution in [0.2, 0.25) is 0 Å². The molecule has 0 radical (unpaired) electrons. The van der Waals surface area contributed by atoms with E-state index in [2.05, 4.69) is 15.9 Å². The maximum atomic E-state index is 11.1. The summed E-state index contributed by atoms with van der Waals surface area (Å²) in [4.78, 5) is 0. The summed E-state index contributed by atoms with van der Waals surface area (Å²) in [6.45, 7) is 0. The second-order valence-electron chi connectivity index (χ2n) is 0.799. The van der Waals surface area contributed by atoms with Crippen LogP contribution in [0.3, 0.4) is 0 Å². The van der Waals surface area contributed by atoms with Crippen molar-refractivity contribution in [2.45, 2.75) is 0 Å². The molecule has 4 heteroatoms. The molecule has 0 fully saturated rings. The van der Waals surface area contributed by atoms with Gasteiger partial charge in [-0.15, -0.1) is 0 Å². The van der Waals surface area contributed by atoms with Gasteiger partial charge in [-0.05, 0) is 0 Å². The van der Waals surface area contributed by atoms with Crippen molar-refractivity contribution in [3.8, 4) is 0 Å². The number of rotatable bonds is 1. The van der Waals surface area contributed by atoms with E-state index in [4.69, 9.17) is 11.6 Å². The molecular formula is C3H2BrClF2. The lowest BCUT2D eigenvalue weighted by molar-refractivity contribution is 0.418. The lowest BCUT2D eigenvalue weighted by atomic mass is 10.7. The predicted molar refractivity (Wildman–Crippen MR) is 28.9 cm³/mol. The Hall–Kier alpha value is 0.370. The molecule has 0 aromatic heterocycles. The molecule has 0 spiro atoms. The Kier molecular flexibility index (Phi) is 3.56. The Morgan fingerprint density at radius 2 is 2.00 bits per heavy atom. The first kappa shape index (κ1) is 7.37. The third-order valence-electron chi connectivity index (χ3n) is 0.322. The highest BCUT2D eigenvalue weighted by Crippen LogP contribution is 2.13. The molecule has 0 heterocycles. The molecule has 0 amide bonds. The van der Waals surface area contributed by atoms with Crippen LogP contribution in [-0.2, 0) is 0 Å². The van der Waals surface area contributed by atoms with Gasteiger partial charge in [-0.25, -0.2) is 0 Å². The highest BCUT2D eigenvalue weighted by molar-refractivity contribution is 9.09. The maximum absolute atomic E-state index is 11.1. The molecule has 0 nitrogen and oxygen atoms in total. The van der Waals surface area contributed by atoms with E-state index >= 15 is 0 Å². The van der Waals surface area contributed by atoms with Gasteiger partial charge in [0.1, 0.15) is 0 Å². The monoisotopic (exact) mass is 190 g/mol. The van der Waals surface area contributed by atoms with Crippen molar-refractivity contribution in [1.82, 2.24) is 0 Å². The minimum Gasteiger partial charge on any atom is -0.172 e. The van der Waals surface area contributed by atoms with Gasteiger partial charge in [0.05, 0.1) is 5.03 Å². The fraction of sp³-hybridized carbons (Fsp3) is 0.333. The minimum absolute atomic E-state index is 0.0247. The van der Waals surface area contributed by atoms with Crippen LogP contribution in [0.4, 0.5) is 8.78 Å². The van der Waals surface area contributed by atoms with Crippen molar-refractivity contribution in [3.63, 3.8) is 0 Å². The average Bonchev–Trinajstić information content (AvgIpc) is 1.65. The Morgan fingerprint density at radius 3 is 2.00 bits per heavy atom. The third kappa shape index (κ3) is 3.00. The lowest BCUT2D eigenvalue weighted by Gasteiger charge is -1.82. The van der Waals surface area contributed by atoms with Crippen molar-refractivity contribution >= 4 is 27.5 Å². The summed E-state index contributed by atoms with van der Waals surface area (Å²) in [6, 6.07) is 0. The molecule has 0 aromatic carbocycles. The molecule has 0 saturated carbocycles. The summed E-state index contributed by atoms with van der Waals surface area (Å²) in [7, 11) is 0. The van der Waals surface area contributed by atoms with Crippen LogP contribution in [0.1, 0.15) is 0 Å². The SMILES string of the molecule is FC(F)=C(Cl)CBr. The molecule has 0 aliphatic carbocycles. The van der Waals surface area contributed by atoms with Crippen molar-refractivity contribution in [2.24, 2.45) is 0 Å². The molecule has 0 aromatic rings. The first-order valence-electron chi connectivity index (χ1n) is 1.44. The molecular weight excluding hydrogens is 189 g/mol. The molecule has 42 valence electrons. The normalized spacial score (nSPS) is 8.57. The number of halogens is 4. The largest absolute Gasteiger partial charge is 0.285 e. The van der Waals surface area contributed by atoms with Crippen LogP contribution in [0.15, 0.2) is 11.1 Å². The molecule has 0 saturated heterocycles. The van der Waals surface area contributed by atoms with Gasteiger partial charge in [0.25, 0.3) is 6.08 Å². The van der Waals surface area contributed by atoms with Gasteiger partial charge in [0, 0.05) is 5.33 Å². The fourth-order valence-corrected chi connectivity index (χ4v) is 0.262. The number of hydrogen-bond acceptors (Lipinski definition) is 0. The smallest absolute Gasteiger partial charge is 0.172 e. The molecule has 0 rings (SSSR count). The van der Waals surface area contributed by atoms with E-state index in [-0.39, 0.29) is 5.33 Å². The summed E-state index contributed by atoms with van der Waals surface area (Å²) in [5.41, 5.74) is 0. The van der Waals surface area contributed by atoms with E-state index in [9.17, 15) is 8.78 Å². The lowest BCUT2D eigenvalue weighted by Crippen LogP contribution is -1.70. The minimum atomic E-state index is -1.82. The number of hydrogen-bond donors (Lipinski definition) is 0. The van der Waals surface area contributed by atoms with Crippen LogP contribution < -0.4 is 0 Å². The molecule has 0 aliphatic rings. The summed E-state index contributed by atoms with van der Waals surface area (Å²) in [5, 5.41) is -0.406. The standard InChI is InChI=1S/C3H2BrClF2/c4-1-2(5)3(6)7/h1H2. The Bertz CT molecular complexity index is 86.9. The van der Waals surface area contributed by atoms with Crippen molar-refractivity contribution in [3.05, 3.63) is 11.1 Å². The molecule has 0 aliphatic heterocycles. The van der Waals surface area contributed by atoms with Gasteiger partial charge in [0.15, 0.2) is 0 Å². The zero-order chi connectivity index (χ0) is 5.86. The maximum Gasteiger partial charge on any atom is 0.285 e. The van der Waals surface area contributed by atoms with E-state index in [1.165, 1.54) is 0 Å². The quantitative estimate of drug-likeness (QED) is 0.559. The molecule has 0 bridgehead atoms. The van der Waals surface area contributed by atoms with Gasteiger partial charge in [-0.1, -0.05) is 27.5 Å². The van der Waals surface area contributed by atoms with Gasteiger partial charge in [-0.2, -0.15) is 8.78 Å². The number of allylic oxidation sites excluding steroid dienone is 1. The molecule has 0 N–H and O–H groups in total. The van der Waals surface area contributed by atoms with E-state index in [1.807, 2.05) is 0 Å². The second kappa shape index (κ2) is 3.38. The van der Waals surface area contributed by atoms with Crippen molar-refractivity contribution in [2.75, 3.05) is 5.33 Å². The molecule has 7 heavy (non-hydrogen) atoms. The molecule has 0 unspecified atom stereocenters. The second-order valence-corrected chi connectivity index (χ2v) is 1.82. The Balaban J connectivity index is 3.72. The van der Waals surface area contributed by atoms with Crippen molar-refractivity contribution in [1.29, 1.82) is 0 Å². The Morgan fingerprint density at radius 1 is 1.57 bits per heavy atom. The summed E-state index contributed by atoms with van der Waals surface area (Å²) in [5.74, 6) is 0. The van der Waals surface area contributed by atoms with E-state index < -0.39 is 11.1 Å². The van der Waals surface area contributed by atoms with Gasteiger partial charge < -0.3 is 0 Å². The highest BCUT2D eigenvalue weighted by Gasteiger charge is 1.96. The summed E-state index contributed by atoms with van der Waals surface area (Å²) in [6.07, 6.45) is -1.82. The number of alkyl halides is 1. The highest BCUT2D eigenvalue weighted by atomic mass is 79.9. The summed E-state index contributed by atoms with van der Waals surface area (Å²) >= 11 is 7.63. The van der Waals surface area contributed by atoms with Crippen LogP contribution in [-0.4, -0.2) is 5.33 Å². The van der Waals surface area contributed by atoms with Crippen molar-refractivity contribution < 1.29 is 8.78 Å². The van der Waals surface area contributed by atoms with E-state index in [0.29, 0.717) is 0 Å². The topological polar surface area (TPSA) is 0 Å².